The molecule has 3 N–H and O–H groups in total. The van der Waals surface area contributed by atoms with Crippen molar-refractivity contribution in [1.82, 2.24) is 14.7 Å². The van der Waals surface area contributed by atoms with Crippen molar-refractivity contribution in [2.75, 3.05) is 5.32 Å². The van der Waals surface area contributed by atoms with Crippen LogP contribution < -0.4 is 10.6 Å². The van der Waals surface area contributed by atoms with E-state index in [9.17, 15) is 14.7 Å². The lowest BCUT2D eigenvalue weighted by Crippen LogP contribution is -2.45. The zero-order chi connectivity index (χ0) is 23.4. The molecular formula is C26H36N4O3. The largest absolute Gasteiger partial charge is 0.480 e. The molecular weight excluding hydrogens is 416 g/mol. The summed E-state index contributed by atoms with van der Waals surface area (Å²) in [5.41, 5.74) is 2.23. The second-order valence-electron chi connectivity index (χ2n) is 9.62. The van der Waals surface area contributed by atoms with E-state index in [1.807, 2.05) is 20.0 Å². The number of nitrogens with zero attached hydrogens (tertiary/aromatic N) is 2. The molecule has 2 heterocycles. The minimum atomic E-state index is -1.01. The number of nitrogens with one attached hydrogen (secondary N) is 2. The molecule has 7 nitrogen and oxygen atoms in total. The fourth-order valence-corrected chi connectivity index (χ4v) is 5.02. The molecule has 0 bridgehead atoms. The number of hydrogen-bond donors (Lipinski definition) is 3. The van der Waals surface area contributed by atoms with Gasteiger partial charge in [0.15, 0.2) is 0 Å². The molecule has 3 unspecified atom stereocenters. The van der Waals surface area contributed by atoms with E-state index in [0.717, 1.165) is 36.4 Å². The molecule has 1 amide bonds. The van der Waals surface area contributed by atoms with Crippen LogP contribution in [-0.2, 0) is 4.79 Å². The highest BCUT2D eigenvalue weighted by atomic mass is 16.4. The molecule has 7 heteroatoms. The molecule has 2 aromatic heterocycles. The molecule has 178 valence electrons. The third-order valence-electron chi connectivity index (χ3n) is 7.28. The van der Waals surface area contributed by atoms with E-state index in [1.54, 1.807) is 12.1 Å². The van der Waals surface area contributed by atoms with Crippen molar-refractivity contribution in [3.8, 4) is 0 Å². The van der Waals surface area contributed by atoms with Crippen LogP contribution in [0.5, 0.6) is 0 Å². The van der Waals surface area contributed by atoms with Gasteiger partial charge in [0.1, 0.15) is 17.5 Å². The molecule has 33 heavy (non-hydrogen) atoms. The molecule has 0 radical (unpaired) electrons. The number of carbonyl (C=O) groups is 2. The van der Waals surface area contributed by atoms with Gasteiger partial charge in [-0.3, -0.25) is 9.20 Å². The van der Waals surface area contributed by atoms with Gasteiger partial charge in [0.2, 0.25) is 0 Å². The highest BCUT2D eigenvalue weighted by Crippen LogP contribution is 2.35. The number of carboxylic acid groups (broad SMARTS) is 1. The summed E-state index contributed by atoms with van der Waals surface area (Å²) >= 11 is 0. The average Bonchev–Trinajstić information content (AvgIpc) is 3.20. The summed E-state index contributed by atoms with van der Waals surface area (Å²) in [6.07, 6.45) is 16.3. The van der Waals surface area contributed by atoms with Gasteiger partial charge < -0.3 is 15.7 Å². The molecule has 0 spiro atoms. The van der Waals surface area contributed by atoms with Crippen molar-refractivity contribution in [3.63, 3.8) is 0 Å². The number of imidazole rings is 1. The van der Waals surface area contributed by atoms with E-state index in [2.05, 4.69) is 27.2 Å². The van der Waals surface area contributed by atoms with Crippen molar-refractivity contribution in [2.24, 2.45) is 5.92 Å². The topological polar surface area (TPSA) is 95.7 Å². The first-order chi connectivity index (χ1) is 16.0. The van der Waals surface area contributed by atoms with Gasteiger partial charge in [-0.15, -0.1) is 0 Å². The highest BCUT2D eigenvalue weighted by molar-refractivity contribution is 5.97. The molecule has 3 atom stereocenters. The van der Waals surface area contributed by atoms with Crippen molar-refractivity contribution in [2.45, 2.75) is 89.6 Å². The van der Waals surface area contributed by atoms with Crippen LogP contribution in [0.4, 0.5) is 5.82 Å². The molecule has 2 aliphatic carbocycles. The quantitative estimate of drug-likeness (QED) is 0.483. The number of carbonyl (C=O) groups excluding carboxylic acids is 1. The Morgan fingerprint density at radius 2 is 2.00 bits per heavy atom. The standard InChI is InChI=1S/C26H36N4O3/c1-3-17(2)22(26(32)33)29-25(31)19-14-15-30-21(16-19)28-23(18-10-6-4-7-11-18)24(30)27-20-12-8-5-9-13-20/h4,6,14-18,20,22,27H,3,5,7-13H2,1-2H3,(H,29,31)(H,32,33). The Labute approximate surface area is 195 Å². The molecule has 2 aromatic rings. The van der Waals surface area contributed by atoms with Crippen LogP contribution in [0, 0.1) is 5.92 Å². The molecule has 0 saturated heterocycles. The zero-order valence-electron chi connectivity index (χ0n) is 19.7. The Bertz CT molecular complexity index is 1020. The molecule has 1 saturated carbocycles. The summed E-state index contributed by atoms with van der Waals surface area (Å²) in [6.45, 7) is 3.76. The lowest BCUT2D eigenvalue weighted by atomic mass is 9.91. The number of anilines is 1. The van der Waals surface area contributed by atoms with Gasteiger partial charge in [0.25, 0.3) is 5.91 Å². The summed E-state index contributed by atoms with van der Waals surface area (Å²) in [6, 6.07) is 3.08. The number of aromatic nitrogens is 2. The third-order valence-corrected chi connectivity index (χ3v) is 7.28. The zero-order valence-corrected chi connectivity index (χ0v) is 19.7. The number of carboxylic acids is 1. The Hall–Kier alpha value is -2.83. The van der Waals surface area contributed by atoms with Gasteiger partial charge in [0.05, 0.1) is 5.69 Å². The van der Waals surface area contributed by atoms with Crippen LogP contribution in [0.3, 0.4) is 0 Å². The second kappa shape index (κ2) is 10.4. The summed E-state index contributed by atoms with van der Waals surface area (Å²) in [5.74, 6) is -0.130. The van der Waals surface area contributed by atoms with Gasteiger partial charge in [-0.1, -0.05) is 51.7 Å². The van der Waals surface area contributed by atoms with Crippen LogP contribution in [0.2, 0.25) is 0 Å². The normalized spacial score (nSPS) is 21.0. The minimum Gasteiger partial charge on any atom is -0.480 e. The number of aliphatic carboxylic acids is 1. The second-order valence-corrected chi connectivity index (χ2v) is 9.62. The molecule has 0 aromatic carbocycles. The first-order valence-electron chi connectivity index (χ1n) is 12.4. The number of hydrogen-bond acceptors (Lipinski definition) is 4. The van der Waals surface area contributed by atoms with E-state index in [0.29, 0.717) is 23.9 Å². The van der Waals surface area contributed by atoms with Crippen LogP contribution in [0.15, 0.2) is 30.5 Å². The van der Waals surface area contributed by atoms with Crippen LogP contribution in [0.1, 0.15) is 93.6 Å². The number of allylic oxidation sites excluding steroid dienone is 2. The summed E-state index contributed by atoms with van der Waals surface area (Å²) in [5, 5.41) is 16.0. The highest BCUT2D eigenvalue weighted by Gasteiger charge is 2.27. The Morgan fingerprint density at radius 3 is 2.67 bits per heavy atom. The van der Waals surface area contributed by atoms with Gasteiger partial charge in [0, 0.05) is 23.7 Å². The summed E-state index contributed by atoms with van der Waals surface area (Å²) in [7, 11) is 0. The lowest BCUT2D eigenvalue weighted by molar-refractivity contribution is -0.140. The van der Waals surface area contributed by atoms with Crippen LogP contribution >= 0.6 is 0 Å². The maximum atomic E-state index is 12.9. The van der Waals surface area contributed by atoms with Gasteiger partial charge in [-0.25, -0.2) is 9.78 Å². The van der Waals surface area contributed by atoms with Gasteiger partial charge in [-0.2, -0.15) is 0 Å². The van der Waals surface area contributed by atoms with E-state index in [4.69, 9.17) is 4.98 Å². The number of rotatable bonds is 8. The van der Waals surface area contributed by atoms with Crippen LogP contribution in [0.25, 0.3) is 5.65 Å². The average molecular weight is 453 g/mol. The van der Waals surface area contributed by atoms with Crippen LogP contribution in [-0.4, -0.2) is 38.5 Å². The van der Waals surface area contributed by atoms with E-state index >= 15 is 0 Å². The SMILES string of the molecule is CCC(C)C(NC(=O)c1ccn2c(NC3CCCCC3)c(C3CC=CCC3)nc2c1)C(=O)O. The predicted octanol–water partition coefficient (Wildman–Crippen LogP) is 5.13. The Morgan fingerprint density at radius 1 is 1.21 bits per heavy atom. The minimum absolute atomic E-state index is 0.154. The van der Waals surface area contributed by atoms with E-state index < -0.39 is 12.0 Å². The molecule has 1 fully saturated rings. The smallest absolute Gasteiger partial charge is 0.326 e. The fourth-order valence-electron chi connectivity index (χ4n) is 5.02. The van der Waals surface area contributed by atoms with Crippen molar-refractivity contribution in [1.29, 1.82) is 0 Å². The van der Waals surface area contributed by atoms with Crippen molar-refractivity contribution >= 4 is 23.3 Å². The summed E-state index contributed by atoms with van der Waals surface area (Å²) < 4.78 is 2.06. The summed E-state index contributed by atoms with van der Waals surface area (Å²) in [4.78, 5) is 29.5. The maximum Gasteiger partial charge on any atom is 0.326 e. The predicted molar refractivity (Wildman–Crippen MR) is 130 cm³/mol. The molecule has 0 aliphatic heterocycles. The van der Waals surface area contributed by atoms with Gasteiger partial charge in [-0.05, 0) is 50.2 Å². The van der Waals surface area contributed by atoms with E-state index in [-0.39, 0.29) is 11.8 Å². The molecule has 2 aliphatic rings. The maximum absolute atomic E-state index is 12.9. The molecule has 4 rings (SSSR count). The van der Waals surface area contributed by atoms with Crippen molar-refractivity contribution < 1.29 is 14.7 Å². The Kier molecular flexibility index (Phi) is 7.36. The first kappa shape index (κ1) is 23.3. The number of pyridine rings is 1. The first-order valence-corrected chi connectivity index (χ1v) is 12.4. The number of fused-ring (bicyclic) bond motifs is 1. The van der Waals surface area contributed by atoms with Crippen molar-refractivity contribution in [3.05, 3.63) is 41.7 Å². The fraction of sp³-hybridized carbons (Fsp3) is 0.577. The lowest BCUT2D eigenvalue weighted by Gasteiger charge is -2.25. The van der Waals surface area contributed by atoms with Gasteiger partial charge >= 0.3 is 5.97 Å². The Balaban J connectivity index is 1.64. The third kappa shape index (κ3) is 5.23. The monoisotopic (exact) mass is 452 g/mol. The number of amides is 1. The van der Waals surface area contributed by atoms with E-state index in [1.165, 1.54) is 32.1 Å².